The fourth-order valence-corrected chi connectivity index (χ4v) is 4.75. The number of hydrogen-bond donors (Lipinski definition) is 1. The number of carbonyl (C=O) groups excluding carboxylic acids is 2. The number of Topliss-reactive ketones (excluding diaryl/α,β-unsaturated/α-hetero) is 1. The summed E-state index contributed by atoms with van der Waals surface area (Å²) in [6.45, 7) is 1.57. The van der Waals surface area contributed by atoms with Crippen molar-refractivity contribution in [1.29, 1.82) is 0 Å². The van der Waals surface area contributed by atoms with Gasteiger partial charge in [0, 0.05) is 17.2 Å². The molecule has 1 unspecified atom stereocenters. The standard InChI is InChI=1S/C21H15ClFNO3S/c1-21(11-6-4-3-5-7-11)17(25)16-15(18(22)28-19(16)24-20(21)26)13-9-8-12(27-2)10-14(13)23/h3-10H,1-2H3,(H,24,26). The Morgan fingerprint density at radius 3 is 2.46 bits per heavy atom. The summed E-state index contributed by atoms with van der Waals surface area (Å²) >= 11 is 7.43. The van der Waals surface area contributed by atoms with Crippen molar-refractivity contribution in [3.8, 4) is 16.9 Å². The van der Waals surface area contributed by atoms with Gasteiger partial charge in [-0.15, -0.1) is 11.3 Å². The number of nitrogens with one attached hydrogen (secondary N) is 1. The highest BCUT2D eigenvalue weighted by molar-refractivity contribution is 7.21. The number of benzene rings is 2. The summed E-state index contributed by atoms with van der Waals surface area (Å²) in [5.74, 6) is -1.05. The number of ether oxygens (including phenoxy) is 1. The summed E-state index contributed by atoms with van der Waals surface area (Å²) in [5.41, 5.74) is -0.176. The number of carbonyl (C=O) groups is 2. The van der Waals surface area contributed by atoms with Crippen LogP contribution in [0.25, 0.3) is 11.1 Å². The average molecular weight is 416 g/mol. The molecule has 1 N–H and O–H groups in total. The molecule has 28 heavy (non-hydrogen) atoms. The molecule has 0 saturated heterocycles. The van der Waals surface area contributed by atoms with Crippen LogP contribution in [-0.2, 0) is 10.2 Å². The molecule has 142 valence electrons. The van der Waals surface area contributed by atoms with E-state index >= 15 is 0 Å². The van der Waals surface area contributed by atoms with Gasteiger partial charge in [0.1, 0.15) is 26.3 Å². The van der Waals surface area contributed by atoms with Gasteiger partial charge in [-0.05, 0) is 24.6 Å². The van der Waals surface area contributed by atoms with Crippen LogP contribution in [-0.4, -0.2) is 18.8 Å². The summed E-state index contributed by atoms with van der Waals surface area (Å²) < 4.78 is 20.0. The van der Waals surface area contributed by atoms with Crippen LogP contribution in [0.1, 0.15) is 22.8 Å². The Hall–Kier alpha value is -2.70. The Bertz CT molecular complexity index is 1110. The molecule has 2 heterocycles. The lowest BCUT2D eigenvalue weighted by Crippen LogP contribution is -2.48. The van der Waals surface area contributed by atoms with Crippen molar-refractivity contribution in [3.63, 3.8) is 0 Å². The molecule has 0 saturated carbocycles. The van der Waals surface area contributed by atoms with Crippen LogP contribution in [0.15, 0.2) is 48.5 Å². The monoisotopic (exact) mass is 415 g/mol. The minimum Gasteiger partial charge on any atom is -0.497 e. The maximum atomic E-state index is 14.7. The van der Waals surface area contributed by atoms with Crippen molar-refractivity contribution in [2.24, 2.45) is 0 Å². The SMILES string of the molecule is COc1ccc(-c2c(Cl)sc3c2C(=O)C(C)(c2ccccc2)C(=O)N3)c(F)c1. The lowest BCUT2D eigenvalue weighted by Gasteiger charge is -2.31. The maximum absolute atomic E-state index is 14.7. The second-order valence-corrected chi connectivity index (χ2v) is 8.20. The molecule has 0 bridgehead atoms. The van der Waals surface area contributed by atoms with E-state index in [9.17, 15) is 14.0 Å². The van der Waals surface area contributed by atoms with E-state index in [-0.39, 0.29) is 21.0 Å². The summed E-state index contributed by atoms with van der Waals surface area (Å²) in [6.07, 6.45) is 0. The van der Waals surface area contributed by atoms with Gasteiger partial charge in [0.15, 0.2) is 5.78 Å². The van der Waals surface area contributed by atoms with Gasteiger partial charge in [0.25, 0.3) is 0 Å². The topological polar surface area (TPSA) is 55.4 Å². The Morgan fingerprint density at radius 1 is 1.11 bits per heavy atom. The maximum Gasteiger partial charge on any atom is 0.243 e. The zero-order chi connectivity index (χ0) is 20.1. The zero-order valence-corrected chi connectivity index (χ0v) is 16.6. The predicted octanol–water partition coefficient (Wildman–Crippen LogP) is 5.31. The molecule has 1 aliphatic rings. The molecule has 0 spiro atoms. The van der Waals surface area contributed by atoms with Crippen molar-refractivity contribution >= 4 is 39.6 Å². The van der Waals surface area contributed by atoms with E-state index in [2.05, 4.69) is 5.32 Å². The van der Waals surface area contributed by atoms with Gasteiger partial charge in [0.05, 0.1) is 12.7 Å². The summed E-state index contributed by atoms with van der Waals surface area (Å²) in [5, 5.41) is 3.11. The highest BCUT2D eigenvalue weighted by Crippen LogP contribution is 2.49. The molecule has 1 amide bonds. The van der Waals surface area contributed by atoms with Crippen LogP contribution < -0.4 is 10.1 Å². The van der Waals surface area contributed by atoms with E-state index in [0.717, 1.165) is 11.3 Å². The first-order chi connectivity index (χ1) is 13.4. The summed E-state index contributed by atoms with van der Waals surface area (Å²) in [7, 11) is 1.44. The van der Waals surface area contributed by atoms with Crippen LogP contribution in [0.2, 0.25) is 4.34 Å². The van der Waals surface area contributed by atoms with Gasteiger partial charge >= 0.3 is 0 Å². The molecule has 0 aliphatic carbocycles. The Balaban J connectivity index is 1.93. The lowest BCUT2D eigenvalue weighted by molar-refractivity contribution is -0.119. The molecule has 1 aliphatic heterocycles. The van der Waals surface area contributed by atoms with Gasteiger partial charge in [-0.2, -0.15) is 0 Å². The van der Waals surface area contributed by atoms with Gasteiger partial charge in [-0.25, -0.2) is 4.39 Å². The van der Waals surface area contributed by atoms with Crippen molar-refractivity contribution in [1.82, 2.24) is 0 Å². The third-order valence-corrected chi connectivity index (χ3v) is 6.34. The normalized spacial score (nSPS) is 18.6. The van der Waals surface area contributed by atoms with Crippen molar-refractivity contribution in [3.05, 3.63) is 69.8 Å². The van der Waals surface area contributed by atoms with Crippen molar-refractivity contribution < 1.29 is 18.7 Å². The predicted molar refractivity (Wildman–Crippen MR) is 108 cm³/mol. The molecule has 7 heteroatoms. The molecule has 1 aromatic heterocycles. The number of thiophene rings is 1. The van der Waals surface area contributed by atoms with Crippen LogP contribution in [0.3, 0.4) is 0 Å². The minimum atomic E-state index is -1.43. The number of methoxy groups -OCH3 is 1. The number of anilines is 1. The Kier molecular flexibility index (Phi) is 4.48. The van der Waals surface area contributed by atoms with Gasteiger partial charge in [0.2, 0.25) is 5.91 Å². The number of ketones is 1. The van der Waals surface area contributed by atoms with E-state index < -0.39 is 22.9 Å². The summed E-state index contributed by atoms with van der Waals surface area (Å²) in [4.78, 5) is 26.4. The summed E-state index contributed by atoms with van der Waals surface area (Å²) in [6, 6.07) is 13.1. The quantitative estimate of drug-likeness (QED) is 0.590. The molecule has 1 atom stereocenters. The second-order valence-electron chi connectivity index (χ2n) is 6.57. The average Bonchev–Trinajstić information content (AvgIpc) is 3.02. The first kappa shape index (κ1) is 18.7. The molecular weight excluding hydrogens is 401 g/mol. The highest BCUT2D eigenvalue weighted by Gasteiger charge is 2.49. The molecule has 0 radical (unpaired) electrons. The number of halogens is 2. The van der Waals surface area contributed by atoms with E-state index in [4.69, 9.17) is 16.3 Å². The highest BCUT2D eigenvalue weighted by atomic mass is 35.5. The first-order valence-electron chi connectivity index (χ1n) is 8.46. The smallest absolute Gasteiger partial charge is 0.243 e. The number of fused-ring (bicyclic) bond motifs is 1. The van der Waals surface area contributed by atoms with E-state index in [1.165, 1.54) is 19.2 Å². The van der Waals surface area contributed by atoms with Crippen LogP contribution in [0.4, 0.5) is 9.39 Å². The molecule has 3 aromatic rings. The van der Waals surface area contributed by atoms with E-state index in [1.54, 1.807) is 37.3 Å². The van der Waals surface area contributed by atoms with Crippen LogP contribution in [0.5, 0.6) is 5.75 Å². The van der Waals surface area contributed by atoms with Gasteiger partial charge < -0.3 is 10.1 Å². The fourth-order valence-electron chi connectivity index (χ4n) is 3.39. The largest absolute Gasteiger partial charge is 0.497 e. The van der Waals surface area contributed by atoms with Crippen LogP contribution in [0, 0.1) is 5.82 Å². The van der Waals surface area contributed by atoms with Gasteiger partial charge in [-0.1, -0.05) is 41.9 Å². The first-order valence-corrected chi connectivity index (χ1v) is 9.65. The number of hydrogen-bond acceptors (Lipinski definition) is 4. The molecule has 0 fully saturated rings. The van der Waals surface area contributed by atoms with E-state index in [0.29, 0.717) is 16.3 Å². The lowest BCUT2D eigenvalue weighted by atomic mass is 9.73. The van der Waals surface area contributed by atoms with Crippen LogP contribution >= 0.6 is 22.9 Å². The fraction of sp³-hybridized carbons (Fsp3) is 0.143. The third kappa shape index (κ3) is 2.64. The zero-order valence-electron chi connectivity index (χ0n) is 15.0. The molecule has 2 aromatic carbocycles. The van der Waals surface area contributed by atoms with Gasteiger partial charge in [-0.3, -0.25) is 9.59 Å². The molecular formula is C21H15ClFNO3S. The van der Waals surface area contributed by atoms with E-state index in [1.807, 2.05) is 6.07 Å². The van der Waals surface area contributed by atoms with Crippen molar-refractivity contribution in [2.75, 3.05) is 12.4 Å². The third-order valence-electron chi connectivity index (χ3n) is 5.02. The minimum absolute atomic E-state index is 0.184. The second kappa shape index (κ2) is 6.72. The Morgan fingerprint density at radius 2 is 1.82 bits per heavy atom. The number of amides is 1. The Labute approximate surface area is 169 Å². The molecule has 4 rings (SSSR count). The van der Waals surface area contributed by atoms with Crippen molar-refractivity contribution in [2.45, 2.75) is 12.3 Å². The number of rotatable bonds is 3. The molecule has 4 nitrogen and oxygen atoms in total.